The predicted molar refractivity (Wildman–Crippen MR) is 104 cm³/mol. The molecule has 4 unspecified atom stereocenters. The molecule has 25 heavy (non-hydrogen) atoms. The van der Waals surface area contributed by atoms with Crippen LogP contribution in [0.1, 0.15) is 81.1 Å². The summed E-state index contributed by atoms with van der Waals surface area (Å²) in [6, 6.07) is 0.601. The molecule has 4 rings (SSSR count). The molecule has 4 aliphatic heterocycles. The van der Waals surface area contributed by atoms with Crippen molar-refractivity contribution in [2.75, 3.05) is 6.54 Å². The van der Waals surface area contributed by atoms with Crippen LogP contribution in [-0.4, -0.2) is 55.8 Å². The molecule has 0 spiro atoms. The molecule has 0 aromatic carbocycles. The quantitative estimate of drug-likeness (QED) is 0.829. The molecule has 4 atom stereocenters. The summed E-state index contributed by atoms with van der Waals surface area (Å²) >= 11 is 0. The summed E-state index contributed by atoms with van der Waals surface area (Å²) in [5, 5.41) is 5.65. The smallest absolute Gasteiger partial charge is 0.0801 e. The van der Waals surface area contributed by atoms with Gasteiger partial charge in [0.2, 0.25) is 0 Å². The van der Waals surface area contributed by atoms with Crippen LogP contribution in [0.4, 0.5) is 0 Å². The average molecular weight is 349 g/mol. The highest BCUT2D eigenvalue weighted by Gasteiger charge is 2.66. The largest absolute Gasteiger partial charge is 0.326 e. The molecule has 0 bridgehead atoms. The summed E-state index contributed by atoms with van der Waals surface area (Å²) in [4.78, 5) is 2.85. The van der Waals surface area contributed by atoms with Crippen molar-refractivity contribution in [1.82, 2.24) is 14.9 Å². The number of rotatable bonds is 2. The molecular formula is C21H40N4. The maximum atomic E-state index is 6.47. The molecule has 0 aromatic heterocycles. The van der Waals surface area contributed by atoms with Crippen LogP contribution < -0.4 is 5.73 Å². The minimum atomic E-state index is -0.0861. The fraction of sp³-hybridized carbons (Fsp3) is 1.00. The van der Waals surface area contributed by atoms with Gasteiger partial charge in [0, 0.05) is 34.7 Å². The normalized spacial score (nSPS) is 42.6. The van der Waals surface area contributed by atoms with Crippen LogP contribution in [0.15, 0.2) is 0 Å². The number of hydrazine groups is 1. The molecular weight excluding hydrogens is 308 g/mol. The molecule has 2 N–H and O–H groups in total. The van der Waals surface area contributed by atoms with Gasteiger partial charge in [-0.1, -0.05) is 0 Å². The van der Waals surface area contributed by atoms with E-state index in [4.69, 9.17) is 5.73 Å². The van der Waals surface area contributed by atoms with Gasteiger partial charge in [-0.05, 0) is 92.9 Å². The first-order valence-electron chi connectivity index (χ1n) is 10.4. The van der Waals surface area contributed by atoms with Crippen molar-refractivity contribution in [2.45, 2.75) is 115 Å². The van der Waals surface area contributed by atoms with Crippen LogP contribution in [0.2, 0.25) is 0 Å². The van der Waals surface area contributed by atoms with Gasteiger partial charge in [-0.3, -0.25) is 4.90 Å². The van der Waals surface area contributed by atoms with Gasteiger partial charge in [0.05, 0.1) is 6.17 Å². The molecule has 4 heteroatoms. The zero-order valence-corrected chi connectivity index (χ0v) is 17.8. The standard InChI is InChI=1S/C21H40N4/c1-18(2,22)9-14-10-20(5,6)24-16(14)13-23-17-15(11-19(23,3)4)12-21(7,8)25(17)24/h14-17H,9-13,22H2,1-8H3. The van der Waals surface area contributed by atoms with Crippen molar-refractivity contribution in [2.24, 2.45) is 17.6 Å². The molecule has 4 nitrogen and oxygen atoms in total. The number of hydrogen-bond donors (Lipinski definition) is 1. The van der Waals surface area contributed by atoms with Crippen LogP contribution >= 0.6 is 0 Å². The molecule has 4 aliphatic rings. The van der Waals surface area contributed by atoms with Gasteiger partial charge in [0.1, 0.15) is 0 Å². The van der Waals surface area contributed by atoms with Crippen molar-refractivity contribution in [1.29, 1.82) is 0 Å². The summed E-state index contributed by atoms with van der Waals surface area (Å²) in [7, 11) is 0. The van der Waals surface area contributed by atoms with E-state index < -0.39 is 0 Å². The summed E-state index contributed by atoms with van der Waals surface area (Å²) in [6.45, 7) is 20.4. The average Bonchev–Trinajstić information content (AvgIpc) is 2.88. The highest BCUT2D eigenvalue weighted by Crippen LogP contribution is 2.58. The second-order valence-electron chi connectivity index (χ2n) is 12.1. The molecule has 4 fully saturated rings. The van der Waals surface area contributed by atoms with Gasteiger partial charge in [-0.25, -0.2) is 10.0 Å². The molecule has 144 valence electrons. The lowest BCUT2D eigenvalue weighted by atomic mass is 9.83. The van der Waals surface area contributed by atoms with Crippen LogP contribution in [0.25, 0.3) is 0 Å². The SMILES string of the molecule is CC(C)(N)CC1CC(C)(C)N2C1CN1C3C(CC1(C)C)CC(C)(C)N32. The minimum absolute atomic E-state index is 0.0861. The Morgan fingerprint density at radius 2 is 1.44 bits per heavy atom. The van der Waals surface area contributed by atoms with Crippen molar-refractivity contribution in [3.05, 3.63) is 0 Å². The third-order valence-corrected chi connectivity index (χ3v) is 7.56. The topological polar surface area (TPSA) is 35.7 Å². The Morgan fingerprint density at radius 1 is 0.880 bits per heavy atom. The summed E-state index contributed by atoms with van der Waals surface area (Å²) in [5.74, 6) is 1.49. The lowest BCUT2D eigenvalue weighted by molar-refractivity contribution is -0.230. The van der Waals surface area contributed by atoms with E-state index in [1.54, 1.807) is 0 Å². The van der Waals surface area contributed by atoms with E-state index >= 15 is 0 Å². The zero-order valence-electron chi connectivity index (χ0n) is 17.8. The third kappa shape index (κ3) is 2.62. The molecule has 0 saturated carbocycles. The summed E-state index contributed by atoms with van der Waals surface area (Å²) in [5.41, 5.74) is 7.19. The lowest BCUT2D eigenvalue weighted by Gasteiger charge is -2.58. The second kappa shape index (κ2) is 5.01. The maximum absolute atomic E-state index is 6.47. The Labute approximate surface area is 155 Å². The summed E-state index contributed by atoms with van der Waals surface area (Å²) < 4.78 is 0. The van der Waals surface area contributed by atoms with Crippen molar-refractivity contribution in [3.63, 3.8) is 0 Å². The van der Waals surface area contributed by atoms with Crippen molar-refractivity contribution >= 4 is 0 Å². The number of nitrogens with two attached hydrogens (primary N) is 1. The van der Waals surface area contributed by atoms with E-state index in [1.807, 2.05) is 0 Å². The van der Waals surface area contributed by atoms with Crippen molar-refractivity contribution < 1.29 is 0 Å². The van der Waals surface area contributed by atoms with Gasteiger partial charge in [-0.2, -0.15) is 0 Å². The summed E-state index contributed by atoms with van der Waals surface area (Å²) in [6.07, 6.45) is 5.64. The van der Waals surface area contributed by atoms with E-state index in [1.165, 1.54) is 25.8 Å². The Kier molecular flexibility index (Phi) is 3.65. The van der Waals surface area contributed by atoms with Crippen LogP contribution in [0.5, 0.6) is 0 Å². The van der Waals surface area contributed by atoms with E-state index in [-0.39, 0.29) is 16.6 Å². The van der Waals surface area contributed by atoms with Gasteiger partial charge in [0.25, 0.3) is 0 Å². The van der Waals surface area contributed by atoms with E-state index in [0.29, 0.717) is 23.7 Å². The van der Waals surface area contributed by atoms with Gasteiger partial charge < -0.3 is 5.73 Å². The first kappa shape index (κ1) is 18.2. The molecule has 0 aliphatic carbocycles. The maximum Gasteiger partial charge on any atom is 0.0801 e. The fourth-order valence-corrected chi connectivity index (χ4v) is 7.14. The third-order valence-electron chi connectivity index (χ3n) is 7.56. The number of nitrogens with zero attached hydrogens (tertiary/aromatic N) is 3. The van der Waals surface area contributed by atoms with Crippen LogP contribution in [0.3, 0.4) is 0 Å². The van der Waals surface area contributed by atoms with E-state index in [2.05, 4.69) is 70.3 Å². The minimum Gasteiger partial charge on any atom is -0.326 e. The van der Waals surface area contributed by atoms with E-state index in [0.717, 1.165) is 12.3 Å². The second-order valence-corrected chi connectivity index (χ2v) is 12.1. The van der Waals surface area contributed by atoms with Crippen LogP contribution in [0, 0.1) is 11.8 Å². The molecule has 0 radical (unpaired) electrons. The highest BCUT2D eigenvalue weighted by atomic mass is 15.8. The van der Waals surface area contributed by atoms with Gasteiger partial charge in [-0.15, -0.1) is 0 Å². The molecule has 4 heterocycles. The fourth-order valence-electron chi connectivity index (χ4n) is 7.14. The predicted octanol–water partition coefficient (Wildman–Crippen LogP) is 3.42. The Balaban J connectivity index is 1.75. The van der Waals surface area contributed by atoms with Gasteiger partial charge in [0.15, 0.2) is 0 Å². The Morgan fingerprint density at radius 3 is 2.04 bits per heavy atom. The molecule has 4 saturated heterocycles. The van der Waals surface area contributed by atoms with E-state index in [9.17, 15) is 0 Å². The highest BCUT2D eigenvalue weighted by molar-refractivity contribution is 5.16. The van der Waals surface area contributed by atoms with Crippen molar-refractivity contribution in [3.8, 4) is 0 Å². The molecule has 0 amide bonds. The lowest BCUT2D eigenvalue weighted by Crippen LogP contribution is -2.72. The number of hydrogen-bond acceptors (Lipinski definition) is 4. The van der Waals surface area contributed by atoms with Gasteiger partial charge >= 0.3 is 0 Å². The zero-order chi connectivity index (χ0) is 18.6. The van der Waals surface area contributed by atoms with Crippen LogP contribution in [-0.2, 0) is 0 Å². The first-order valence-corrected chi connectivity index (χ1v) is 10.4. The monoisotopic (exact) mass is 348 g/mol. The molecule has 0 aromatic rings. The Hall–Kier alpha value is -0.160. The number of fused-ring (bicyclic) bond motifs is 2. The Bertz CT molecular complexity index is 559. The first-order chi connectivity index (χ1) is 11.2.